The zero-order chi connectivity index (χ0) is 20.9. The molecule has 1 heterocycles. The van der Waals surface area contributed by atoms with Gasteiger partial charge in [-0.25, -0.2) is 8.42 Å². The van der Waals surface area contributed by atoms with Crippen molar-refractivity contribution in [3.63, 3.8) is 0 Å². The number of fused-ring (bicyclic) bond motifs is 1. The molecule has 1 aliphatic heterocycles. The van der Waals surface area contributed by atoms with Gasteiger partial charge in [0, 0.05) is 33.9 Å². The Morgan fingerprint density at radius 2 is 1.82 bits per heavy atom. The number of halogens is 3. The second-order valence-electron chi connectivity index (χ2n) is 7.21. The highest BCUT2D eigenvalue weighted by molar-refractivity contribution is 7.90. The predicted molar refractivity (Wildman–Crippen MR) is 95.6 cm³/mol. The second kappa shape index (κ2) is 6.51. The molecule has 0 saturated carbocycles. The Morgan fingerprint density at radius 3 is 2.39 bits per heavy atom. The molecule has 150 valence electrons. The number of hydrogen-bond donors (Lipinski definition) is 0. The number of hydrogen-bond acceptors (Lipinski definition) is 5. The molecule has 0 N–H and O–H groups in total. The summed E-state index contributed by atoms with van der Waals surface area (Å²) in [7, 11) is -3.66. The van der Waals surface area contributed by atoms with E-state index in [0.717, 1.165) is 12.3 Å². The van der Waals surface area contributed by atoms with Crippen molar-refractivity contribution >= 4 is 16.1 Å². The molecule has 0 fully saturated rings. The Morgan fingerprint density at radius 1 is 1.14 bits per heavy atom. The van der Waals surface area contributed by atoms with Crippen molar-refractivity contribution in [2.24, 2.45) is 0 Å². The highest BCUT2D eigenvalue weighted by atomic mass is 32.2. The van der Waals surface area contributed by atoms with Gasteiger partial charge in [-0.15, -0.1) is 13.2 Å². The van der Waals surface area contributed by atoms with E-state index in [0.29, 0.717) is 11.8 Å². The molecule has 0 amide bonds. The van der Waals surface area contributed by atoms with E-state index in [9.17, 15) is 26.4 Å². The second-order valence-corrected chi connectivity index (χ2v) is 9.23. The summed E-state index contributed by atoms with van der Waals surface area (Å²) in [5, 5.41) is 0. The van der Waals surface area contributed by atoms with Crippen molar-refractivity contribution in [3.8, 4) is 22.6 Å². The SMILES string of the molecule is CC1(C)COc2c(-c3cc(C=O)ccc3OC(F)(F)F)cc(S(C)(=O)=O)cc21. The first-order chi connectivity index (χ1) is 12.8. The molecule has 0 radical (unpaired) electrons. The highest BCUT2D eigenvalue weighted by Crippen LogP contribution is 2.48. The third-order valence-corrected chi connectivity index (χ3v) is 5.54. The van der Waals surface area contributed by atoms with Crippen LogP contribution in [-0.4, -0.2) is 33.9 Å². The number of sulfone groups is 1. The maximum absolute atomic E-state index is 12.9. The molecule has 3 rings (SSSR count). The van der Waals surface area contributed by atoms with Crippen LogP contribution in [0.5, 0.6) is 11.5 Å². The number of alkyl halides is 3. The number of rotatable bonds is 4. The average Bonchev–Trinajstić information content (AvgIpc) is 2.88. The highest BCUT2D eigenvalue weighted by Gasteiger charge is 2.37. The van der Waals surface area contributed by atoms with E-state index in [2.05, 4.69) is 4.74 Å². The van der Waals surface area contributed by atoms with Crippen LogP contribution < -0.4 is 9.47 Å². The predicted octanol–water partition coefficient (Wildman–Crippen LogP) is 4.14. The summed E-state index contributed by atoms with van der Waals surface area (Å²) < 4.78 is 72.7. The van der Waals surface area contributed by atoms with Gasteiger partial charge in [-0.1, -0.05) is 13.8 Å². The van der Waals surface area contributed by atoms with Crippen LogP contribution >= 0.6 is 0 Å². The van der Waals surface area contributed by atoms with Crippen LogP contribution in [0.15, 0.2) is 35.2 Å². The molecule has 2 aromatic carbocycles. The van der Waals surface area contributed by atoms with E-state index < -0.39 is 27.4 Å². The summed E-state index contributed by atoms with van der Waals surface area (Å²) in [6, 6.07) is 6.12. The molecule has 28 heavy (non-hydrogen) atoms. The van der Waals surface area contributed by atoms with Gasteiger partial charge in [0.25, 0.3) is 0 Å². The Hall–Kier alpha value is -2.55. The van der Waals surface area contributed by atoms with E-state index >= 15 is 0 Å². The molecule has 0 spiro atoms. The van der Waals surface area contributed by atoms with Gasteiger partial charge >= 0.3 is 6.36 Å². The van der Waals surface area contributed by atoms with Gasteiger partial charge in [0.1, 0.15) is 17.8 Å². The van der Waals surface area contributed by atoms with Gasteiger partial charge in [0.15, 0.2) is 9.84 Å². The monoisotopic (exact) mass is 414 g/mol. The van der Waals surface area contributed by atoms with Gasteiger partial charge in [0.05, 0.1) is 11.5 Å². The fourth-order valence-electron chi connectivity index (χ4n) is 3.05. The van der Waals surface area contributed by atoms with Crippen LogP contribution in [0.25, 0.3) is 11.1 Å². The van der Waals surface area contributed by atoms with Crippen molar-refractivity contribution < 1.29 is 35.9 Å². The fourth-order valence-corrected chi connectivity index (χ4v) is 3.71. The normalized spacial score (nSPS) is 15.6. The molecule has 5 nitrogen and oxygen atoms in total. The largest absolute Gasteiger partial charge is 0.573 e. The Kier molecular flexibility index (Phi) is 4.69. The quantitative estimate of drug-likeness (QED) is 0.704. The third kappa shape index (κ3) is 3.84. The van der Waals surface area contributed by atoms with E-state index in [1.165, 1.54) is 24.3 Å². The van der Waals surface area contributed by atoms with E-state index in [1.54, 1.807) is 0 Å². The van der Waals surface area contributed by atoms with Gasteiger partial charge in [-0.05, 0) is 30.3 Å². The van der Waals surface area contributed by atoms with Crippen molar-refractivity contribution in [3.05, 3.63) is 41.5 Å². The Balaban J connectivity index is 2.35. The van der Waals surface area contributed by atoms with Gasteiger partial charge in [-0.3, -0.25) is 4.79 Å². The molecular formula is C19H17F3O5S. The number of carbonyl (C=O) groups excluding carboxylic acids is 1. The van der Waals surface area contributed by atoms with Crippen LogP contribution in [0.2, 0.25) is 0 Å². The van der Waals surface area contributed by atoms with Crippen molar-refractivity contribution in [2.75, 3.05) is 12.9 Å². The first-order valence-electron chi connectivity index (χ1n) is 8.18. The Labute approximate surface area is 160 Å². The summed E-state index contributed by atoms with van der Waals surface area (Å²) in [6.07, 6.45) is -3.47. The standard InChI is InChI=1S/C19H17F3O5S/c1-18(2)10-26-17-14(7-12(8-15(17)18)28(3,24)25)13-6-11(9-23)4-5-16(13)27-19(20,21)22/h4-9H,10H2,1-3H3. The lowest BCUT2D eigenvalue weighted by Crippen LogP contribution is -2.18. The maximum atomic E-state index is 12.9. The van der Waals surface area contributed by atoms with E-state index in [1.807, 2.05) is 13.8 Å². The minimum atomic E-state index is -4.96. The third-order valence-electron chi connectivity index (χ3n) is 4.45. The molecule has 0 bridgehead atoms. The zero-order valence-electron chi connectivity index (χ0n) is 15.3. The summed E-state index contributed by atoms with van der Waals surface area (Å²) in [5.74, 6) is -0.285. The lowest BCUT2D eigenvalue weighted by molar-refractivity contribution is -0.274. The van der Waals surface area contributed by atoms with Crippen LogP contribution in [0.1, 0.15) is 29.8 Å². The van der Waals surface area contributed by atoms with Crippen LogP contribution in [0.3, 0.4) is 0 Å². The molecule has 2 aromatic rings. The first kappa shape index (κ1) is 20.2. The molecule has 9 heteroatoms. The minimum absolute atomic E-state index is 0.0608. The number of benzene rings is 2. The van der Waals surface area contributed by atoms with Gasteiger partial charge < -0.3 is 9.47 Å². The lowest BCUT2D eigenvalue weighted by atomic mass is 9.85. The molecule has 0 aromatic heterocycles. The van der Waals surface area contributed by atoms with Crippen LogP contribution in [0, 0.1) is 0 Å². The van der Waals surface area contributed by atoms with Crippen LogP contribution in [0.4, 0.5) is 13.2 Å². The zero-order valence-corrected chi connectivity index (χ0v) is 16.1. The van der Waals surface area contributed by atoms with E-state index in [-0.39, 0.29) is 33.9 Å². The molecule has 0 atom stereocenters. The first-order valence-corrected chi connectivity index (χ1v) is 10.1. The van der Waals surface area contributed by atoms with Gasteiger partial charge in [-0.2, -0.15) is 0 Å². The van der Waals surface area contributed by atoms with Crippen LogP contribution in [-0.2, 0) is 15.3 Å². The molecule has 0 unspecified atom stereocenters. The van der Waals surface area contributed by atoms with E-state index in [4.69, 9.17) is 4.74 Å². The molecular weight excluding hydrogens is 397 g/mol. The Bertz CT molecular complexity index is 1060. The summed E-state index contributed by atoms with van der Waals surface area (Å²) >= 11 is 0. The fraction of sp³-hybridized carbons (Fsp3) is 0.316. The number of ether oxygens (including phenoxy) is 2. The maximum Gasteiger partial charge on any atom is 0.573 e. The molecule has 1 aliphatic rings. The van der Waals surface area contributed by atoms with Crippen molar-refractivity contribution in [2.45, 2.75) is 30.5 Å². The molecule has 0 saturated heterocycles. The van der Waals surface area contributed by atoms with Crippen molar-refractivity contribution in [1.29, 1.82) is 0 Å². The summed E-state index contributed by atoms with van der Waals surface area (Å²) in [6.45, 7) is 3.90. The summed E-state index contributed by atoms with van der Waals surface area (Å²) in [4.78, 5) is 11.1. The van der Waals surface area contributed by atoms with Gasteiger partial charge in [0.2, 0.25) is 0 Å². The average molecular weight is 414 g/mol. The van der Waals surface area contributed by atoms with Crippen molar-refractivity contribution in [1.82, 2.24) is 0 Å². The molecule has 0 aliphatic carbocycles. The smallest absolute Gasteiger partial charge is 0.492 e. The topological polar surface area (TPSA) is 69.7 Å². The number of carbonyl (C=O) groups is 1. The number of aldehydes is 1. The lowest BCUT2D eigenvalue weighted by Gasteiger charge is -2.18. The summed E-state index contributed by atoms with van der Waals surface area (Å²) in [5.41, 5.74) is 0.158. The minimum Gasteiger partial charge on any atom is -0.492 e.